The van der Waals surface area contributed by atoms with Gasteiger partial charge in [0, 0.05) is 9.75 Å². The monoisotopic (exact) mass is 354 g/mol. The number of nitrogens with one attached hydrogen (secondary N) is 1. The third-order valence-electron chi connectivity index (χ3n) is 4.01. The average Bonchev–Trinajstić information content (AvgIpc) is 2.91. The third kappa shape index (κ3) is 3.13. The van der Waals surface area contributed by atoms with Gasteiger partial charge < -0.3 is 0 Å². The number of benzene rings is 1. The molecule has 1 aromatic carbocycles. The number of aryl methyl sites for hydroxylation is 4. The van der Waals surface area contributed by atoms with Gasteiger partial charge in [0.15, 0.2) is 0 Å². The van der Waals surface area contributed by atoms with E-state index in [9.17, 15) is 14.4 Å². The van der Waals surface area contributed by atoms with Crippen LogP contribution in [0, 0.1) is 27.7 Å². The Labute approximate surface area is 150 Å². The maximum Gasteiger partial charge on any atom is 0.335 e. The van der Waals surface area contributed by atoms with Crippen molar-refractivity contribution in [2.45, 2.75) is 27.7 Å². The topological polar surface area (TPSA) is 66.5 Å². The van der Waals surface area contributed by atoms with Crippen molar-refractivity contribution in [2.24, 2.45) is 0 Å². The molecule has 1 aliphatic heterocycles. The Morgan fingerprint density at radius 1 is 1.00 bits per heavy atom. The fraction of sp³-hybridized carbons (Fsp3) is 0.211. The Morgan fingerprint density at radius 3 is 2.20 bits per heavy atom. The van der Waals surface area contributed by atoms with Gasteiger partial charge in [-0.1, -0.05) is 17.7 Å². The lowest BCUT2D eigenvalue weighted by atomic mass is 10.0. The molecule has 1 aromatic heterocycles. The van der Waals surface area contributed by atoms with Gasteiger partial charge in [0.2, 0.25) is 0 Å². The van der Waals surface area contributed by atoms with E-state index < -0.39 is 17.8 Å². The molecule has 4 amide bonds. The van der Waals surface area contributed by atoms with Crippen LogP contribution in [0.3, 0.4) is 0 Å². The summed E-state index contributed by atoms with van der Waals surface area (Å²) in [6.45, 7) is 7.59. The summed E-state index contributed by atoms with van der Waals surface area (Å²) in [6, 6.07) is 6.86. The Morgan fingerprint density at radius 2 is 1.64 bits per heavy atom. The minimum atomic E-state index is -0.718. The number of nitrogens with zero attached hydrogens (tertiary/aromatic N) is 1. The van der Waals surface area contributed by atoms with Gasteiger partial charge in [-0.05, 0) is 57.0 Å². The molecule has 0 saturated carbocycles. The van der Waals surface area contributed by atoms with E-state index in [-0.39, 0.29) is 5.57 Å². The van der Waals surface area contributed by atoms with Crippen LogP contribution in [0.5, 0.6) is 0 Å². The number of imide groups is 2. The van der Waals surface area contributed by atoms with E-state index in [2.05, 4.69) is 5.32 Å². The zero-order valence-electron chi connectivity index (χ0n) is 14.5. The molecular formula is C19H18N2O3S. The average molecular weight is 354 g/mol. The van der Waals surface area contributed by atoms with E-state index in [1.54, 1.807) is 0 Å². The number of hydrogen-bond donors (Lipinski definition) is 1. The highest BCUT2D eigenvalue weighted by molar-refractivity contribution is 7.12. The Balaban J connectivity index is 2.09. The number of anilines is 1. The van der Waals surface area contributed by atoms with Crippen LogP contribution in [-0.4, -0.2) is 17.8 Å². The first-order valence-electron chi connectivity index (χ1n) is 7.83. The molecule has 1 saturated heterocycles. The summed E-state index contributed by atoms with van der Waals surface area (Å²) in [5.41, 5.74) is 3.14. The van der Waals surface area contributed by atoms with Crippen molar-refractivity contribution < 1.29 is 14.4 Å². The predicted molar refractivity (Wildman–Crippen MR) is 98.7 cm³/mol. The lowest BCUT2D eigenvalue weighted by Gasteiger charge is -2.29. The quantitative estimate of drug-likeness (QED) is 0.661. The number of thiophene rings is 1. The van der Waals surface area contributed by atoms with Crippen molar-refractivity contribution in [3.8, 4) is 0 Å². The molecule has 6 heteroatoms. The van der Waals surface area contributed by atoms with Crippen LogP contribution in [0.25, 0.3) is 6.08 Å². The first-order chi connectivity index (χ1) is 11.8. The van der Waals surface area contributed by atoms with E-state index in [1.807, 2.05) is 52.0 Å². The molecule has 0 unspecified atom stereocenters. The van der Waals surface area contributed by atoms with E-state index >= 15 is 0 Å². The third-order valence-corrected chi connectivity index (χ3v) is 4.96. The van der Waals surface area contributed by atoms with Crippen molar-refractivity contribution in [3.05, 3.63) is 56.3 Å². The summed E-state index contributed by atoms with van der Waals surface area (Å²) in [6.07, 6.45) is 1.54. The molecule has 0 bridgehead atoms. The number of urea groups is 1. The fourth-order valence-electron chi connectivity index (χ4n) is 3.06. The minimum Gasteiger partial charge on any atom is -0.273 e. The largest absolute Gasteiger partial charge is 0.335 e. The van der Waals surface area contributed by atoms with Crippen LogP contribution in [0.1, 0.15) is 26.4 Å². The molecular weight excluding hydrogens is 336 g/mol. The predicted octanol–water partition coefficient (Wildman–Crippen LogP) is 3.65. The minimum absolute atomic E-state index is 0.0409. The molecule has 2 aromatic rings. The fourth-order valence-corrected chi connectivity index (χ4v) is 3.88. The summed E-state index contributed by atoms with van der Waals surface area (Å²) in [7, 11) is 0. The Kier molecular flexibility index (Phi) is 4.30. The summed E-state index contributed by atoms with van der Waals surface area (Å²) >= 11 is 1.48. The van der Waals surface area contributed by atoms with Gasteiger partial charge in [-0.15, -0.1) is 11.3 Å². The van der Waals surface area contributed by atoms with Gasteiger partial charge in [0.1, 0.15) is 5.57 Å². The Bertz CT molecular complexity index is 917. The summed E-state index contributed by atoms with van der Waals surface area (Å²) in [5, 5.41) is 2.27. The highest BCUT2D eigenvalue weighted by atomic mass is 32.1. The summed E-state index contributed by atoms with van der Waals surface area (Å²) in [4.78, 5) is 40.4. The molecule has 3 rings (SSSR count). The van der Waals surface area contributed by atoms with Crippen molar-refractivity contribution in [2.75, 3.05) is 4.90 Å². The van der Waals surface area contributed by atoms with Crippen LogP contribution in [0.2, 0.25) is 0 Å². The molecule has 0 atom stereocenters. The number of rotatable bonds is 2. The summed E-state index contributed by atoms with van der Waals surface area (Å²) in [5.74, 6) is -1.27. The Hall–Kier alpha value is -2.73. The van der Waals surface area contributed by atoms with Gasteiger partial charge in [-0.2, -0.15) is 0 Å². The van der Waals surface area contributed by atoms with Crippen LogP contribution in [0.15, 0.2) is 29.8 Å². The van der Waals surface area contributed by atoms with E-state index in [4.69, 9.17) is 0 Å². The number of carbonyl (C=O) groups excluding carboxylic acids is 3. The molecule has 0 spiro atoms. The highest BCUT2D eigenvalue weighted by Gasteiger charge is 2.38. The van der Waals surface area contributed by atoms with Crippen molar-refractivity contribution in [1.82, 2.24) is 5.32 Å². The molecule has 5 nitrogen and oxygen atoms in total. The highest BCUT2D eigenvalue weighted by Crippen LogP contribution is 2.30. The van der Waals surface area contributed by atoms with Gasteiger partial charge in [0.05, 0.1) is 5.69 Å². The van der Waals surface area contributed by atoms with Gasteiger partial charge in [0.25, 0.3) is 11.8 Å². The van der Waals surface area contributed by atoms with E-state index in [0.717, 1.165) is 31.3 Å². The van der Waals surface area contributed by atoms with Crippen molar-refractivity contribution >= 4 is 40.9 Å². The first-order valence-corrected chi connectivity index (χ1v) is 8.65. The zero-order valence-corrected chi connectivity index (χ0v) is 15.3. The van der Waals surface area contributed by atoms with Crippen LogP contribution in [0.4, 0.5) is 10.5 Å². The molecule has 25 heavy (non-hydrogen) atoms. The van der Waals surface area contributed by atoms with E-state index in [0.29, 0.717) is 5.69 Å². The van der Waals surface area contributed by atoms with Crippen molar-refractivity contribution in [3.63, 3.8) is 0 Å². The smallest absolute Gasteiger partial charge is 0.273 e. The SMILES string of the molecule is Cc1cc(C)c(N2C(=O)NC(=O)/C(=C\c3ccc(C)s3)C2=O)c(C)c1. The summed E-state index contributed by atoms with van der Waals surface area (Å²) < 4.78 is 0. The number of hydrogen-bond acceptors (Lipinski definition) is 4. The maximum absolute atomic E-state index is 12.9. The molecule has 0 aliphatic carbocycles. The second-order valence-electron chi connectivity index (χ2n) is 6.15. The van der Waals surface area contributed by atoms with Gasteiger partial charge in [-0.25, -0.2) is 9.69 Å². The maximum atomic E-state index is 12.9. The number of amides is 4. The molecule has 1 N–H and O–H groups in total. The first kappa shape index (κ1) is 17.1. The van der Waals surface area contributed by atoms with Gasteiger partial charge >= 0.3 is 6.03 Å². The molecule has 1 fully saturated rings. The molecule has 2 heterocycles. The number of barbiturate groups is 1. The van der Waals surface area contributed by atoms with Crippen molar-refractivity contribution in [1.29, 1.82) is 0 Å². The standard InChI is InChI=1S/C19H18N2O3S/c1-10-7-11(2)16(12(3)8-10)21-18(23)15(17(22)20-19(21)24)9-14-6-5-13(4)25-14/h5-9H,1-4H3,(H,20,22,24)/b15-9+. The lowest BCUT2D eigenvalue weighted by Crippen LogP contribution is -2.54. The number of carbonyl (C=O) groups is 3. The van der Waals surface area contributed by atoms with Gasteiger partial charge in [-0.3, -0.25) is 14.9 Å². The second-order valence-corrected chi connectivity index (χ2v) is 7.47. The van der Waals surface area contributed by atoms with Crippen LogP contribution in [-0.2, 0) is 9.59 Å². The molecule has 128 valence electrons. The van der Waals surface area contributed by atoms with E-state index in [1.165, 1.54) is 17.4 Å². The second kappa shape index (κ2) is 6.29. The normalized spacial score (nSPS) is 16.6. The zero-order chi connectivity index (χ0) is 18.3. The molecule has 0 radical (unpaired) electrons. The van der Waals surface area contributed by atoms with Crippen LogP contribution < -0.4 is 10.2 Å². The molecule has 1 aliphatic rings. The van der Waals surface area contributed by atoms with Crippen LogP contribution >= 0.6 is 11.3 Å². The lowest BCUT2D eigenvalue weighted by molar-refractivity contribution is -0.122.